The molecule has 1 aromatic heterocycles. The summed E-state index contributed by atoms with van der Waals surface area (Å²) in [6.45, 7) is 6.37. The maximum absolute atomic E-state index is 5.67. The van der Waals surface area contributed by atoms with Gasteiger partial charge in [-0.15, -0.1) is 0 Å². The molecule has 1 saturated heterocycles. The fourth-order valence-electron chi connectivity index (χ4n) is 2.26. The van der Waals surface area contributed by atoms with E-state index in [9.17, 15) is 0 Å². The number of rotatable bonds is 7. The van der Waals surface area contributed by atoms with E-state index in [0.29, 0.717) is 0 Å². The van der Waals surface area contributed by atoms with Crippen molar-refractivity contribution >= 4 is 0 Å². The standard InChI is InChI=1S/C13H24N4O2/c1-3-4-5-12-15-13(19-16-12)10-17-6-7-18-11(9-17)8-14-2/h11,14H,3-10H2,1-2H3. The van der Waals surface area contributed by atoms with Gasteiger partial charge in [-0.05, 0) is 13.5 Å². The van der Waals surface area contributed by atoms with Crippen molar-refractivity contribution in [3.05, 3.63) is 11.7 Å². The lowest BCUT2D eigenvalue weighted by Crippen LogP contribution is -2.45. The lowest BCUT2D eigenvalue weighted by atomic mass is 10.2. The molecule has 6 nitrogen and oxygen atoms in total. The molecule has 2 rings (SSSR count). The molecule has 1 atom stereocenters. The van der Waals surface area contributed by atoms with Crippen LogP contribution < -0.4 is 5.32 Å². The summed E-state index contributed by atoms with van der Waals surface area (Å²) in [6.07, 6.45) is 3.42. The Morgan fingerprint density at radius 2 is 2.37 bits per heavy atom. The van der Waals surface area contributed by atoms with Gasteiger partial charge in [-0.25, -0.2) is 0 Å². The summed E-state index contributed by atoms with van der Waals surface area (Å²) < 4.78 is 11.0. The highest BCUT2D eigenvalue weighted by Crippen LogP contribution is 2.10. The first-order valence-corrected chi connectivity index (χ1v) is 7.11. The molecule has 1 aliphatic heterocycles. The van der Waals surface area contributed by atoms with E-state index < -0.39 is 0 Å². The molecular weight excluding hydrogens is 244 g/mol. The van der Waals surface area contributed by atoms with Crippen molar-refractivity contribution in [1.82, 2.24) is 20.4 Å². The maximum atomic E-state index is 5.67. The van der Waals surface area contributed by atoms with Crippen LogP contribution in [0.5, 0.6) is 0 Å². The number of nitrogens with zero attached hydrogens (tertiary/aromatic N) is 3. The number of unbranched alkanes of at least 4 members (excludes halogenated alkanes) is 1. The van der Waals surface area contributed by atoms with Gasteiger partial charge in [0, 0.05) is 26.1 Å². The number of morpholine rings is 1. The summed E-state index contributed by atoms with van der Waals surface area (Å²) in [6, 6.07) is 0. The van der Waals surface area contributed by atoms with Crippen molar-refractivity contribution in [2.75, 3.05) is 33.3 Å². The fraction of sp³-hybridized carbons (Fsp3) is 0.846. The molecule has 0 aliphatic carbocycles. The SMILES string of the molecule is CCCCc1noc(CN2CCOC(CNC)C2)n1. The lowest BCUT2D eigenvalue weighted by molar-refractivity contribution is -0.0318. The number of hydrogen-bond donors (Lipinski definition) is 1. The second-order valence-electron chi connectivity index (χ2n) is 4.99. The number of likely N-dealkylation sites (N-methyl/N-ethyl adjacent to an activating group) is 1. The topological polar surface area (TPSA) is 63.4 Å². The number of aryl methyl sites for hydroxylation is 1. The molecule has 0 radical (unpaired) electrons. The van der Waals surface area contributed by atoms with Crippen LogP contribution in [0.25, 0.3) is 0 Å². The highest BCUT2D eigenvalue weighted by Gasteiger charge is 2.21. The van der Waals surface area contributed by atoms with Crippen LogP contribution in [-0.2, 0) is 17.7 Å². The Morgan fingerprint density at radius 1 is 1.47 bits per heavy atom. The summed E-state index contributed by atoms with van der Waals surface area (Å²) >= 11 is 0. The second-order valence-corrected chi connectivity index (χ2v) is 4.99. The Kier molecular flexibility index (Phi) is 5.75. The van der Waals surface area contributed by atoms with Gasteiger partial charge < -0.3 is 14.6 Å². The summed E-state index contributed by atoms with van der Waals surface area (Å²) in [5, 5.41) is 7.16. The molecular formula is C13H24N4O2. The molecule has 2 heterocycles. The largest absolute Gasteiger partial charge is 0.374 e. The summed E-state index contributed by atoms with van der Waals surface area (Å²) in [4.78, 5) is 6.75. The Bertz CT molecular complexity index is 367. The van der Waals surface area contributed by atoms with Gasteiger partial charge in [0.15, 0.2) is 5.82 Å². The van der Waals surface area contributed by atoms with Crippen LogP contribution in [0, 0.1) is 0 Å². The average molecular weight is 268 g/mol. The summed E-state index contributed by atoms with van der Waals surface area (Å²) in [5.74, 6) is 1.55. The highest BCUT2D eigenvalue weighted by molar-refractivity contribution is 4.87. The Labute approximate surface area is 114 Å². The predicted molar refractivity (Wildman–Crippen MR) is 71.9 cm³/mol. The number of ether oxygens (including phenoxy) is 1. The normalized spacial score (nSPS) is 20.8. The molecule has 0 spiro atoms. The molecule has 19 heavy (non-hydrogen) atoms. The van der Waals surface area contributed by atoms with Crippen LogP contribution >= 0.6 is 0 Å². The van der Waals surface area contributed by atoms with Gasteiger partial charge >= 0.3 is 0 Å². The van der Waals surface area contributed by atoms with E-state index in [1.807, 2.05) is 7.05 Å². The van der Waals surface area contributed by atoms with Gasteiger partial charge in [0.05, 0.1) is 19.3 Å². The Hall–Kier alpha value is -0.980. The van der Waals surface area contributed by atoms with Crippen molar-refractivity contribution in [3.8, 4) is 0 Å². The van der Waals surface area contributed by atoms with Crippen LogP contribution in [0.4, 0.5) is 0 Å². The first-order chi connectivity index (χ1) is 9.31. The quantitative estimate of drug-likeness (QED) is 0.790. The van der Waals surface area contributed by atoms with E-state index in [2.05, 4.69) is 27.3 Å². The molecule has 1 fully saturated rings. The lowest BCUT2D eigenvalue weighted by Gasteiger charge is -2.31. The van der Waals surface area contributed by atoms with Crippen LogP contribution in [0.15, 0.2) is 4.52 Å². The smallest absolute Gasteiger partial charge is 0.240 e. The monoisotopic (exact) mass is 268 g/mol. The van der Waals surface area contributed by atoms with E-state index in [-0.39, 0.29) is 6.10 Å². The minimum atomic E-state index is 0.251. The van der Waals surface area contributed by atoms with Gasteiger partial charge in [-0.3, -0.25) is 4.90 Å². The summed E-state index contributed by atoms with van der Waals surface area (Å²) in [5.41, 5.74) is 0. The van der Waals surface area contributed by atoms with Gasteiger partial charge in [0.1, 0.15) is 0 Å². The van der Waals surface area contributed by atoms with Gasteiger partial charge in [-0.2, -0.15) is 4.98 Å². The molecule has 6 heteroatoms. The zero-order chi connectivity index (χ0) is 13.5. The molecule has 1 unspecified atom stereocenters. The third-order valence-corrected chi connectivity index (χ3v) is 3.28. The summed E-state index contributed by atoms with van der Waals surface area (Å²) in [7, 11) is 1.94. The third kappa shape index (κ3) is 4.56. The van der Waals surface area contributed by atoms with Crippen LogP contribution in [0.3, 0.4) is 0 Å². The van der Waals surface area contributed by atoms with E-state index >= 15 is 0 Å². The highest BCUT2D eigenvalue weighted by atomic mass is 16.5. The third-order valence-electron chi connectivity index (χ3n) is 3.28. The van der Waals surface area contributed by atoms with E-state index in [1.165, 1.54) is 0 Å². The van der Waals surface area contributed by atoms with Crippen molar-refractivity contribution in [2.24, 2.45) is 0 Å². The average Bonchev–Trinajstić information content (AvgIpc) is 2.85. The molecule has 1 aliphatic rings. The number of hydrogen-bond acceptors (Lipinski definition) is 6. The first-order valence-electron chi connectivity index (χ1n) is 7.11. The minimum absolute atomic E-state index is 0.251. The molecule has 0 amide bonds. The van der Waals surface area contributed by atoms with Crippen molar-refractivity contribution in [1.29, 1.82) is 0 Å². The molecule has 0 saturated carbocycles. The number of nitrogens with one attached hydrogen (secondary N) is 1. The zero-order valence-corrected chi connectivity index (χ0v) is 11.9. The molecule has 0 bridgehead atoms. The van der Waals surface area contributed by atoms with Crippen molar-refractivity contribution < 1.29 is 9.26 Å². The maximum Gasteiger partial charge on any atom is 0.240 e. The fourth-order valence-corrected chi connectivity index (χ4v) is 2.26. The minimum Gasteiger partial charge on any atom is -0.374 e. The van der Waals surface area contributed by atoms with Crippen LogP contribution in [-0.4, -0.2) is 54.4 Å². The van der Waals surface area contributed by atoms with E-state index in [1.54, 1.807) is 0 Å². The van der Waals surface area contributed by atoms with E-state index in [0.717, 1.165) is 63.8 Å². The molecule has 108 valence electrons. The zero-order valence-electron chi connectivity index (χ0n) is 11.9. The van der Waals surface area contributed by atoms with E-state index in [4.69, 9.17) is 9.26 Å². The molecule has 1 N–H and O–H groups in total. The predicted octanol–water partition coefficient (Wildman–Crippen LogP) is 0.832. The van der Waals surface area contributed by atoms with Crippen LogP contribution in [0.2, 0.25) is 0 Å². The van der Waals surface area contributed by atoms with Crippen molar-refractivity contribution in [3.63, 3.8) is 0 Å². The molecule has 1 aromatic rings. The first kappa shape index (κ1) is 14.4. The van der Waals surface area contributed by atoms with Crippen molar-refractivity contribution in [2.45, 2.75) is 38.8 Å². The Balaban J connectivity index is 1.81. The van der Waals surface area contributed by atoms with Gasteiger partial charge in [0.25, 0.3) is 0 Å². The van der Waals surface area contributed by atoms with Crippen LogP contribution in [0.1, 0.15) is 31.5 Å². The number of aromatic nitrogens is 2. The van der Waals surface area contributed by atoms with Gasteiger partial charge in [-0.1, -0.05) is 18.5 Å². The second kappa shape index (κ2) is 7.57. The molecule has 0 aromatic carbocycles. The van der Waals surface area contributed by atoms with Gasteiger partial charge in [0.2, 0.25) is 5.89 Å². The Morgan fingerprint density at radius 3 is 3.16 bits per heavy atom.